The average molecular weight is 542 g/mol. The number of methoxy groups -OCH3 is 3. The van der Waals surface area contributed by atoms with Crippen molar-refractivity contribution in [2.75, 3.05) is 21.3 Å². The second-order valence-electron chi connectivity index (χ2n) is 8.61. The first-order valence-electron chi connectivity index (χ1n) is 11.6. The van der Waals surface area contributed by atoms with Crippen LogP contribution < -0.4 is 9.47 Å². The van der Waals surface area contributed by atoms with Crippen molar-refractivity contribution in [3.05, 3.63) is 77.9 Å². The zero-order valence-corrected chi connectivity index (χ0v) is 22.4. The molecule has 0 unspecified atom stereocenters. The van der Waals surface area contributed by atoms with Gasteiger partial charge in [-0.05, 0) is 49.7 Å². The summed E-state index contributed by atoms with van der Waals surface area (Å²) in [5, 5.41) is 7.58. The summed E-state index contributed by atoms with van der Waals surface area (Å²) in [4.78, 5) is 8.27. The van der Waals surface area contributed by atoms with Crippen molar-refractivity contribution in [2.24, 2.45) is 0 Å². The molecular formula is C26H28FN5O5S. The van der Waals surface area contributed by atoms with Crippen LogP contribution in [-0.2, 0) is 20.3 Å². The third-order valence-electron chi connectivity index (χ3n) is 6.11. The third-order valence-corrected chi connectivity index (χ3v) is 8.15. The molecule has 0 amide bonds. The highest BCUT2D eigenvalue weighted by atomic mass is 32.2. The summed E-state index contributed by atoms with van der Waals surface area (Å²) in [6.07, 6.45) is 3.42. The molecule has 3 aromatic heterocycles. The number of rotatable bonds is 10. The number of nitrogens with zero attached hydrogens (tertiary/aromatic N) is 5. The van der Waals surface area contributed by atoms with Gasteiger partial charge in [-0.3, -0.25) is 14.5 Å². The minimum Gasteiger partial charge on any atom is -0.494 e. The summed E-state index contributed by atoms with van der Waals surface area (Å²) in [5.41, 5.74) is 2.26. The molecule has 0 bridgehead atoms. The molecule has 200 valence electrons. The molecule has 0 radical (unpaired) electrons. The maximum absolute atomic E-state index is 13.7. The summed E-state index contributed by atoms with van der Waals surface area (Å²) < 4.78 is 59.1. The minimum atomic E-state index is -3.91. The first-order chi connectivity index (χ1) is 18.2. The van der Waals surface area contributed by atoms with Crippen molar-refractivity contribution in [1.82, 2.24) is 24.7 Å². The minimum absolute atomic E-state index is 0.137. The van der Waals surface area contributed by atoms with E-state index >= 15 is 0 Å². The topological polar surface area (TPSA) is 118 Å². The second kappa shape index (κ2) is 11.2. The average Bonchev–Trinajstić information content (AvgIpc) is 3.31. The molecule has 0 spiro atoms. The number of ether oxygens (including phenoxy) is 3. The van der Waals surface area contributed by atoms with Crippen LogP contribution in [0.1, 0.15) is 30.1 Å². The molecule has 3 heterocycles. The Bertz CT molecular complexity index is 1500. The van der Waals surface area contributed by atoms with Crippen molar-refractivity contribution in [2.45, 2.75) is 31.0 Å². The molecule has 4 aromatic rings. The van der Waals surface area contributed by atoms with Gasteiger partial charge in [-0.15, -0.1) is 10.2 Å². The fourth-order valence-electron chi connectivity index (χ4n) is 4.17. The van der Waals surface area contributed by atoms with Gasteiger partial charge in [0.1, 0.15) is 34.9 Å². The fraction of sp³-hybridized carbons (Fsp3) is 0.308. The lowest BCUT2D eigenvalue weighted by atomic mass is 10.2. The van der Waals surface area contributed by atoms with Gasteiger partial charge >= 0.3 is 0 Å². The summed E-state index contributed by atoms with van der Waals surface area (Å²) in [5.74, 6) is 0.355. The Balaban J connectivity index is 1.84. The molecule has 38 heavy (non-hydrogen) atoms. The van der Waals surface area contributed by atoms with E-state index in [0.717, 1.165) is 11.8 Å². The lowest BCUT2D eigenvalue weighted by molar-refractivity contribution is 0.0986. The predicted molar refractivity (Wildman–Crippen MR) is 138 cm³/mol. The van der Waals surface area contributed by atoms with Crippen LogP contribution in [0.2, 0.25) is 0 Å². The van der Waals surface area contributed by atoms with Crippen molar-refractivity contribution in [3.63, 3.8) is 0 Å². The Morgan fingerprint density at radius 3 is 2.29 bits per heavy atom. The molecule has 0 saturated carbocycles. The van der Waals surface area contributed by atoms with Gasteiger partial charge in [-0.25, -0.2) is 12.8 Å². The normalized spacial score (nSPS) is 13.2. The summed E-state index contributed by atoms with van der Waals surface area (Å²) in [6, 6.07) is 9.71. The number of para-hydroxylation sites is 1. The molecule has 0 saturated heterocycles. The summed E-state index contributed by atoms with van der Waals surface area (Å²) >= 11 is 0. The Hall–Kier alpha value is -3.90. The Morgan fingerprint density at radius 2 is 1.71 bits per heavy atom. The molecule has 2 atom stereocenters. The molecule has 0 N–H and O–H groups in total. The largest absolute Gasteiger partial charge is 0.494 e. The lowest BCUT2D eigenvalue weighted by Gasteiger charge is -2.23. The van der Waals surface area contributed by atoms with Crippen molar-refractivity contribution < 1.29 is 27.0 Å². The quantitative estimate of drug-likeness (QED) is 0.295. The maximum Gasteiger partial charge on any atom is 0.170 e. The van der Waals surface area contributed by atoms with E-state index in [9.17, 15) is 12.8 Å². The van der Waals surface area contributed by atoms with E-state index in [1.54, 1.807) is 35.2 Å². The number of aromatic nitrogens is 5. The van der Waals surface area contributed by atoms with E-state index in [2.05, 4.69) is 20.2 Å². The van der Waals surface area contributed by atoms with Crippen LogP contribution in [0.5, 0.6) is 11.5 Å². The van der Waals surface area contributed by atoms with E-state index < -0.39 is 32.8 Å². The number of halogens is 1. The zero-order chi connectivity index (χ0) is 27.4. The standard InChI is InChI=1S/C26H28FN5O5S/c1-16-11-18(13-28-12-16)26-31-30-23(32(26)24-21(35-3)7-6-8-22(24)36-4)15-38(33,34)17(2)25(37-5)20-10-9-19(27)14-29-20/h6-14,17,25H,15H2,1-5H3/t17-,25+/m1/s1. The number of sulfone groups is 1. The number of aryl methyl sites for hydroxylation is 1. The van der Waals surface area contributed by atoms with Crippen LogP contribution in [0.15, 0.2) is 55.0 Å². The van der Waals surface area contributed by atoms with Gasteiger partial charge < -0.3 is 14.2 Å². The molecule has 4 rings (SSSR count). The van der Waals surface area contributed by atoms with Crippen LogP contribution in [0.3, 0.4) is 0 Å². The van der Waals surface area contributed by atoms with E-state index in [-0.39, 0.29) is 5.82 Å². The molecule has 10 nitrogen and oxygen atoms in total. The Morgan fingerprint density at radius 1 is 1.00 bits per heavy atom. The highest BCUT2D eigenvalue weighted by Crippen LogP contribution is 2.37. The van der Waals surface area contributed by atoms with Gasteiger partial charge in [-0.2, -0.15) is 0 Å². The maximum atomic E-state index is 13.7. The highest BCUT2D eigenvalue weighted by Gasteiger charge is 2.34. The number of benzene rings is 1. The van der Waals surface area contributed by atoms with Gasteiger partial charge in [0.2, 0.25) is 0 Å². The molecule has 0 fully saturated rings. The monoisotopic (exact) mass is 541 g/mol. The Labute approximate surface area is 220 Å². The van der Waals surface area contributed by atoms with Gasteiger partial charge in [0.15, 0.2) is 21.5 Å². The molecule has 1 aromatic carbocycles. The molecule has 0 aliphatic heterocycles. The second-order valence-corrected chi connectivity index (χ2v) is 11.0. The van der Waals surface area contributed by atoms with Crippen LogP contribution in [0.4, 0.5) is 4.39 Å². The van der Waals surface area contributed by atoms with Crippen molar-refractivity contribution >= 4 is 9.84 Å². The zero-order valence-electron chi connectivity index (χ0n) is 21.6. The van der Waals surface area contributed by atoms with E-state index in [1.807, 2.05) is 13.0 Å². The van der Waals surface area contributed by atoms with Gasteiger partial charge in [-0.1, -0.05) is 6.07 Å². The lowest BCUT2D eigenvalue weighted by Crippen LogP contribution is -2.29. The molecule has 0 aliphatic carbocycles. The van der Waals surface area contributed by atoms with Crippen LogP contribution in [0, 0.1) is 12.7 Å². The highest BCUT2D eigenvalue weighted by molar-refractivity contribution is 7.91. The number of hydrogen-bond donors (Lipinski definition) is 0. The fourth-order valence-corrected chi connectivity index (χ4v) is 5.61. The summed E-state index contributed by atoms with van der Waals surface area (Å²) in [6.45, 7) is 3.41. The van der Waals surface area contributed by atoms with E-state index in [4.69, 9.17) is 14.2 Å². The third kappa shape index (κ3) is 5.36. The number of pyridine rings is 2. The van der Waals surface area contributed by atoms with Crippen molar-refractivity contribution in [1.29, 1.82) is 0 Å². The van der Waals surface area contributed by atoms with E-state index in [1.165, 1.54) is 40.4 Å². The summed E-state index contributed by atoms with van der Waals surface area (Å²) in [7, 11) is 0.488. The van der Waals surface area contributed by atoms with Gasteiger partial charge in [0.25, 0.3) is 0 Å². The first kappa shape index (κ1) is 27.1. The predicted octanol–water partition coefficient (Wildman–Crippen LogP) is 3.88. The molecule has 0 aliphatic rings. The van der Waals surface area contributed by atoms with Crippen LogP contribution in [-0.4, -0.2) is 59.7 Å². The van der Waals surface area contributed by atoms with Crippen molar-refractivity contribution in [3.8, 4) is 28.6 Å². The van der Waals surface area contributed by atoms with E-state index in [0.29, 0.717) is 34.3 Å². The molecular weight excluding hydrogens is 513 g/mol. The van der Waals surface area contributed by atoms with Gasteiger partial charge in [0, 0.05) is 25.1 Å². The smallest absolute Gasteiger partial charge is 0.170 e. The Kier molecular flexibility index (Phi) is 8.02. The number of hydrogen-bond acceptors (Lipinski definition) is 9. The first-order valence-corrected chi connectivity index (χ1v) is 13.3. The van der Waals surface area contributed by atoms with Crippen LogP contribution >= 0.6 is 0 Å². The molecule has 12 heteroatoms. The van der Waals surface area contributed by atoms with Crippen LogP contribution in [0.25, 0.3) is 17.1 Å². The van der Waals surface area contributed by atoms with Gasteiger partial charge in [0.05, 0.1) is 31.4 Å². The SMILES string of the molecule is COc1cccc(OC)c1-n1c(CS(=O)(=O)[C@H](C)[C@H](OC)c2ccc(F)cn2)nnc1-c1cncc(C)c1.